The molecule has 2 rings (SSSR count). The average Bonchev–Trinajstić information content (AvgIpc) is 2.91. The summed E-state index contributed by atoms with van der Waals surface area (Å²) >= 11 is 0. The lowest BCUT2D eigenvalue weighted by molar-refractivity contribution is -0.121. The predicted molar refractivity (Wildman–Crippen MR) is 52.2 cm³/mol. The topological polar surface area (TPSA) is 71.3 Å². The van der Waals surface area contributed by atoms with E-state index in [-0.39, 0.29) is 17.7 Å². The van der Waals surface area contributed by atoms with Gasteiger partial charge in [-0.15, -0.1) is 0 Å². The molecule has 5 nitrogen and oxygen atoms in total. The molecule has 80 valence electrons. The maximum atomic E-state index is 11.5. The second kappa shape index (κ2) is 4.27. The Balaban J connectivity index is 1.91. The molecule has 0 bridgehead atoms. The molecule has 0 saturated carbocycles. The zero-order valence-electron chi connectivity index (χ0n) is 8.16. The lowest BCUT2D eigenvalue weighted by atomic mass is 10.2. The lowest BCUT2D eigenvalue weighted by Crippen LogP contribution is -2.43. The van der Waals surface area contributed by atoms with Crippen LogP contribution >= 0.6 is 0 Å². The van der Waals surface area contributed by atoms with E-state index >= 15 is 0 Å². The highest BCUT2D eigenvalue weighted by atomic mass is 16.3. The van der Waals surface area contributed by atoms with E-state index in [4.69, 9.17) is 4.42 Å². The van der Waals surface area contributed by atoms with Crippen molar-refractivity contribution in [2.75, 3.05) is 6.54 Å². The van der Waals surface area contributed by atoms with Crippen molar-refractivity contribution in [3.8, 4) is 0 Å². The predicted octanol–water partition coefficient (Wildman–Crippen LogP) is 0.288. The van der Waals surface area contributed by atoms with Gasteiger partial charge in [-0.25, -0.2) is 0 Å². The van der Waals surface area contributed by atoms with Crippen LogP contribution in [0.5, 0.6) is 0 Å². The van der Waals surface area contributed by atoms with E-state index in [9.17, 15) is 9.59 Å². The van der Waals surface area contributed by atoms with Crippen LogP contribution in [0.4, 0.5) is 0 Å². The third-order valence-corrected chi connectivity index (χ3v) is 2.36. The Morgan fingerprint density at radius 3 is 3.00 bits per heavy atom. The van der Waals surface area contributed by atoms with Gasteiger partial charge in [-0.3, -0.25) is 14.9 Å². The van der Waals surface area contributed by atoms with Gasteiger partial charge >= 0.3 is 0 Å². The average molecular weight is 208 g/mol. The first kappa shape index (κ1) is 9.92. The molecule has 1 aliphatic heterocycles. The van der Waals surface area contributed by atoms with Crippen molar-refractivity contribution in [3.05, 3.63) is 24.2 Å². The third kappa shape index (κ3) is 2.24. The summed E-state index contributed by atoms with van der Waals surface area (Å²) in [5.41, 5.74) is 0. The molecule has 1 saturated heterocycles. The van der Waals surface area contributed by atoms with E-state index in [1.165, 1.54) is 12.3 Å². The molecule has 0 aliphatic carbocycles. The molecule has 0 aromatic carbocycles. The van der Waals surface area contributed by atoms with Crippen molar-refractivity contribution in [2.24, 2.45) is 0 Å². The van der Waals surface area contributed by atoms with E-state index < -0.39 is 5.91 Å². The molecule has 1 atom stereocenters. The Morgan fingerprint density at radius 1 is 1.53 bits per heavy atom. The van der Waals surface area contributed by atoms with Gasteiger partial charge in [-0.05, 0) is 31.5 Å². The van der Waals surface area contributed by atoms with Crippen molar-refractivity contribution >= 4 is 11.8 Å². The summed E-state index contributed by atoms with van der Waals surface area (Å²) < 4.78 is 4.87. The first-order valence-electron chi connectivity index (χ1n) is 4.89. The summed E-state index contributed by atoms with van der Waals surface area (Å²) in [7, 11) is 0. The summed E-state index contributed by atoms with van der Waals surface area (Å²) in [5, 5.41) is 5.30. The van der Waals surface area contributed by atoms with Gasteiger partial charge in [0.05, 0.1) is 12.3 Å². The van der Waals surface area contributed by atoms with Gasteiger partial charge in [0.1, 0.15) is 0 Å². The molecule has 1 fully saturated rings. The Kier molecular flexibility index (Phi) is 2.82. The van der Waals surface area contributed by atoms with E-state index in [0.29, 0.717) is 0 Å². The number of nitrogens with one attached hydrogen (secondary N) is 2. The fourth-order valence-corrected chi connectivity index (χ4v) is 1.58. The molecule has 2 N–H and O–H groups in total. The van der Waals surface area contributed by atoms with Gasteiger partial charge in [-0.2, -0.15) is 0 Å². The van der Waals surface area contributed by atoms with Gasteiger partial charge < -0.3 is 9.73 Å². The quantitative estimate of drug-likeness (QED) is 0.685. The molecule has 0 radical (unpaired) electrons. The monoisotopic (exact) mass is 208 g/mol. The van der Waals surface area contributed by atoms with Crippen molar-refractivity contribution in [3.63, 3.8) is 0 Å². The van der Waals surface area contributed by atoms with E-state index in [1.807, 2.05) is 0 Å². The van der Waals surface area contributed by atoms with Crippen LogP contribution in [-0.2, 0) is 4.79 Å². The van der Waals surface area contributed by atoms with Gasteiger partial charge in [0, 0.05) is 0 Å². The van der Waals surface area contributed by atoms with Crippen molar-refractivity contribution < 1.29 is 14.0 Å². The van der Waals surface area contributed by atoms with Gasteiger partial charge in [0.2, 0.25) is 5.91 Å². The Morgan fingerprint density at radius 2 is 2.40 bits per heavy atom. The SMILES string of the molecule is O=C(NC(=O)C1CCCN1)c1ccco1. The van der Waals surface area contributed by atoms with Crippen LogP contribution in [0.15, 0.2) is 22.8 Å². The minimum absolute atomic E-state index is 0.154. The molecule has 1 aromatic rings. The summed E-state index contributed by atoms with van der Waals surface area (Å²) in [4.78, 5) is 22.9. The largest absolute Gasteiger partial charge is 0.459 e. The number of amides is 2. The molecule has 1 aliphatic rings. The standard InChI is InChI=1S/C10H12N2O3/c13-9(7-3-1-5-11-7)12-10(14)8-4-2-6-15-8/h2,4,6-7,11H,1,3,5H2,(H,12,13,14). The number of imide groups is 1. The highest BCUT2D eigenvalue weighted by molar-refractivity contribution is 6.04. The molecule has 2 heterocycles. The molecule has 1 unspecified atom stereocenters. The summed E-state index contributed by atoms with van der Waals surface area (Å²) in [6.45, 7) is 0.826. The minimum Gasteiger partial charge on any atom is -0.459 e. The fraction of sp³-hybridized carbons (Fsp3) is 0.400. The zero-order chi connectivity index (χ0) is 10.7. The number of hydrogen-bond acceptors (Lipinski definition) is 4. The van der Waals surface area contributed by atoms with Crippen LogP contribution in [0.1, 0.15) is 23.4 Å². The van der Waals surface area contributed by atoms with Crippen molar-refractivity contribution in [1.82, 2.24) is 10.6 Å². The highest BCUT2D eigenvalue weighted by Gasteiger charge is 2.24. The van der Waals surface area contributed by atoms with Crippen molar-refractivity contribution in [2.45, 2.75) is 18.9 Å². The molecular formula is C10H12N2O3. The summed E-state index contributed by atoms with van der Waals surface area (Å²) in [6, 6.07) is 2.88. The lowest BCUT2D eigenvalue weighted by Gasteiger charge is -2.08. The number of furan rings is 1. The second-order valence-electron chi connectivity index (χ2n) is 3.44. The Bertz CT molecular complexity index is 353. The van der Waals surface area contributed by atoms with E-state index in [0.717, 1.165) is 19.4 Å². The Labute approximate surface area is 86.8 Å². The van der Waals surface area contributed by atoms with Gasteiger partial charge in [0.25, 0.3) is 5.91 Å². The number of rotatable bonds is 2. The first-order chi connectivity index (χ1) is 7.27. The minimum atomic E-state index is -0.487. The maximum Gasteiger partial charge on any atom is 0.293 e. The van der Waals surface area contributed by atoms with Crippen LogP contribution in [0.3, 0.4) is 0 Å². The van der Waals surface area contributed by atoms with E-state index in [1.54, 1.807) is 6.07 Å². The second-order valence-corrected chi connectivity index (χ2v) is 3.44. The van der Waals surface area contributed by atoms with Crippen molar-refractivity contribution in [1.29, 1.82) is 0 Å². The third-order valence-electron chi connectivity index (χ3n) is 2.36. The Hall–Kier alpha value is -1.62. The number of hydrogen-bond donors (Lipinski definition) is 2. The maximum absolute atomic E-state index is 11.5. The molecule has 15 heavy (non-hydrogen) atoms. The molecule has 1 aromatic heterocycles. The van der Waals surface area contributed by atoms with Crippen LogP contribution < -0.4 is 10.6 Å². The molecule has 2 amide bonds. The van der Waals surface area contributed by atoms with Crippen LogP contribution in [0.2, 0.25) is 0 Å². The molecule has 0 spiro atoms. The highest BCUT2D eigenvalue weighted by Crippen LogP contribution is 2.05. The smallest absolute Gasteiger partial charge is 0.293 e. The normalized spacial score (nSPS) is 20.1. The van der Waals surface area contributed by atoms with Gasteiger partial charge in [-0.1, -0.05) is 0 Å². The summed E-state index contributed by atoms with van der Waals surface area (Å²) in [6.07, 6.45) is 3.14. The van der Waals surface area contributed by atoms with Crippen LogP contribution in [0, 0.1) is 0 Å². The van der Waals surface area contributed by atoms with Crippen LogP contribution in [0.25, 0.3) is 0 Å². The molecular weight excluding hydrogens is 196 g/mol. The summed E-state index contributed by atoms with van der Waals surface area (Å²) in [5.74, 6) is -0.617. The number of carbonyl (C=O) groups is 2. The first-order valence-corrected chi connectivity index (χ1v) is 4.89. The fourth-order valence-electron chi connectivity index (χ4n) is 1.58. The molecule has 5 heteroatoms. The van der Waals surface area contributed by atoms with Crippen LogP contribution in [-0.4, -0.2) is 24.4 Å². The number of carbonyl (C=O) groups excluding carboxylic acids is 2. The zero-order valence-corrected chi connectivity index (χ0v) is 8.16. The van der Waals surface area contributed by atoms with Gasteiger partial charge in [0.15, 0.2) is 5.76 Å². The van der Waals surface area contributed by atoms with E-state index in [2.05, 4.69) is 10.6 Å².